The van der Waals surface area contributed by atoms with Crippen molar-refractivity contribution in [3.05, 3.63) is 84.9 Å². The third-order valence-electron chi connectivity index (χ3n) is 9.12. The molecule has 0 spiro atoms. The zero-order chi connectivity index (χ0) is 29.6. The number of para-hydroxylation sites is 1. The van der Waals surface area contributed by atoms with Crippen molar-refractivity contribution in [1.82, 2.24) is 0 Å². The van der Waals surface area contributed by atoms with Gasteiger partial charge in [0, 0.05) is 0 Å². The third kappa shape index (κ3) is 6.59. The molecule has 5 heteroatoms. The summed E-state index contributed by atoms with van der Waals surface area (Å²) in [5, 5.41) is 1.61. The fraction of sp³-hybridized carbons (Fsp3) is 0.368. The fourth-order valence-electron chi connectivity index (χ4n) is 7.08. The molecule has 4 aromatic rings. The van der Waals surface area contributed by atoms with Crippen LogP contribution in [0.3, 0.4) is 0 Å². The van der Waals surface area contributed by atoms with Gasteiger partial charge in [-0.3, -0.25) is 0 Å². The van der Waals surface area contributed by atoms with E-state index < -0.39 is 0 Å². The average molecular weight is 684 g/mol. The standard InChI is InChI=1S/C26H34O2P.C12H10N.Pd/c1-27-23-17-11-18-24(28-2)26(23)22-16-9-10-19-25(22)29(20-12-5-3-6-13-20)21-14-7-4-8-15-21;13-12-9-5-4-8-11(12)10-6-2-1-3-7-10;/h9-11,16-18,20-21H,3-8,12-15H2,1-2H3;1-6,8-9H,13H2;. The quantitative estimate of drug-likeness (QED) is 0.109. The molecular formula is C38H44NO2PPd. The van der Waals surface area contributed by atoms with Crippen molar-refractivity contribution in [2.45, 2.75) is 75.5 Å². The van der Waals surface area contributed by atoms with Crippen LogP contribution in [0, 0.1) is 0 Å². The van der Waals surface area contributed by atoms with E-state index in [1.165, 1.54) is 83.4 Å². The predicted molar refractivity (Wildman–Crippen MR) is 181 cm³/mol. The first-order chi connectivity index (χ1) is 21.2. The van der Waals surface area contributed by atoms with E-state index in [2.05, 4.69) is 66.7 Å². The minimum atomic E-state index is -0.382. The van der Waals surface area contributed by atoms with Crippen LogP contribution < -0.4 is 28.6 Å². The second-order valence-corrected chi connectivity index (χ2v) is 16.5. The number of methoxy groups -OCH3 is 2. The van der Waals surface area contributed by atoms with Crippen LogP contribution in [-0.2, 0) is 18.0 Å². The molecule has 2 fully saturated rings. The van der Waals surface area contributed by atoms with E-state index in [9.17, 15) is 0 Å². The molecule has 228 valence electrons. The number of ether oxygens (including phenoxy) is 2. The number of nitrogen functional groups attached to an aromatic ring is 1. The molecule has 6 rings (SSSR count). The average Bonchev–Trinajstić information content (AvgIpc) is 3.07. The molecule has 2 N–H and O–H groups in total. The Bertz CT molecular complexity index is 1490. The van der Waals surface area contributed by atoms with Crippen molar-refractivity contribution in [2.75, 3.05) is 20.0 Å². The summed E-state index contributed by atoms with van der Waals surface area (Å²) in [5.74, 6) is 1.78. The second-order valence-electron chi connectivity index (χ2n) is 11.7. The van der Waals surface area contributed by atoms with Crippen molar-refractivity contribution >= 4 is 27.0 Å². The van der Waals surface area contributed by atoms with Gasteiger partial charge in [0.15, 0.2) is 0 Å². The first-order valence-electron chi connectivity index (χ1n) is 15.8. The summed E-state index contributed by atoms with van der Waals surface area (Å²) in [6.45, 7) is 0. The Kier molecular flexibility index (Phi) is 10.2. The Balaban J connectivity index is 1.57. The first kappa shape index (κ1) is 30.4. The molecule has 3 nitrogen and oxygen atoms in total. The Morgan fingerprint density at radius 2 is 1.09 bits per heavy atom. The molecule has 0 amide bonds. The van der Waals surface area contributed by atoms with Crippen LogP contribution in [0.4, 0.5) is 5.69 Å². The topological polar surface area (TPSA) is 44.5 Å². The van der Waals surface area contributed by atoms with Gasteiger partial charge in [-0.05, 0) is 0 Å². The van der Waals surface area contributed by atoms with Crippen LogP contribution in [0.5, 0.6) is 11.5 Å². The van der Waals surface area contributed by atoms with E-state index in [1.54, 1.807) is 19.5 Å². The second kappa shape index (κ2) is 14.4. The van der Waals surface area contributed by atoms with E-state index in [0.29, 0.717) is 0 Å². The van der Waals surface area contributed by atoms with Gasteiger partial charge in [-0.15, -0.1) is 0 Å². The number of rotatable bonds is 9. The molecule has 0 unspecified atom stereocenters. The van der Waals surface area contributed by atoms with Gasteiger partial charge in [0.2, 0.25) is 0 Å². The van der Waals surface area contributed by atoms with Gasteiger partial charge >= 0.3 is 269 Å². The van der Waals surface area contributed by atoms with Gasteiger partial charge in [0.25, 0.3) is 0 Å². The number of hydrogen-bond acceptors (Lipinski definition) is 3. The zero-order valence-electron chi connectivity index (χ0n) is 25.5. The van der Waals surface area contributed by atoms with Gasteiger partial charge in [-0.2, -0.15) is 0 Å². The summed E-state index contributed by atoms with van der Waals surface area (Å²) in [4.78, 5) is 0. The molecule has 2 aliphatic rings. The van der Waals surface area contributed by atoms with Gasteiger partial charge in [-0.1, -0.05) is 0 Å². The fourth-order valence-corrected chi connectivity index (χ4v) is 13.8. The first-order valence-corrected chi connectivity index (χ1v) is 18.9. The molecule has 43 heavy (non-hydrogen) atoms. The molecular weight excluding hydrogens is 640 g/mol. The van der Waals surface area contributed by atoms with Gasteiger partial charge < -0.3 is 0 Å². The van der Waals surface area contributed by atoms with Crippen LogP contribution in [0.1, 0.15) is 64.2 Å². The van der Waals surface area contributed by atoms with Crippen molar-refractivity contribution < 1.29 is 27.5 Å². The molecule has 0 saturated heterocycles. The van der Waals surface area contributed by atoms with Crippen molar-refractivity contribution in [1.29, 1.82) is 0 Å². The molecule has 2 aliphatic carbocycles. The Morgan fingerprint density at radius 3 is 1.70 bits per heavy atom. The summed E-state index contributed by atoms with van der Waals surface area (Å²) >= 11 is 0.256. The molecule has 0 heterocycles. The molecule has 4 aromatic carbocycles. The maximum absolute atomic E-state index is 6.53. The summed E-state index contributed by atoms with van der Waals surface area (Å²) in [6, 6.07) is 30.5. The Labute approximate surface area is 267 Å². The normalized spacial score (nSPS) is 16.4. The molecule has 2 saturated carbocycles. The summed E-state index contributed by atoms with van der Waals surface area (Å²) in [6.07, 6.45) is 13.7. The molecule has 0 bridgehead atoms. The van der Waals surface area contributed by atoms with Gasteiger partial charge in [0.05, 0.1) is 0 Å². The van der Waals surface area contributed by atoms with Gasteiger partial charge in [0.1, 0.15) is 0 Å². The molecule has 0 radical (unpaired) electrons. The number of anilines is 1. The van der Waals surface area contributed by atoms with E-state index in [4.69, 9.17) is 15.2 Å². The van der Waals surface area contributed by atoms with E-state index >= 15 is 0 Å². The van der Waals surface area contributed by atoms with Crippen LogP contribution in [0.25, 0.3) is 22.3 Å². The van der Waals surface area contributed by atoms with Crippen molar-refractivity contribution in [2.24, 2.45) is 0 Å². The van der Waals surface area contributed by atoms with Crippen LogP contribution >= 0.6 is 7.92 Å². The van der Waals surface area contributed by atoms with Crippen LogP contribution in [-0.4, -0.2) is 25.5 Å². The van der Waals surface area contributed by atoms with E-state index in [-0.39, 0.29) is 25.9 Å². The molecule has 0 aromatic heterocycles. The van der Waals surface area contributed by atoms with Crippen molar-refractivity contribution in [3.8, 4) is 33.8 Å². The maximum atomic E-state index is 6.53. The number of hydrogen-bond donors (Lipinski definition) is 1. The third-order valence-corrected chi connectivity index (χ3v) is 15.2. The van der Waals surface area contributed by atoms with Crippen LogP contribution in [0.15, 0.2) is 84.9 Å². The van der Waals surface area contributed by atoms with Gasteiger partial charge in [-0.25, -0.2) is 0 Å². The molecule has 0 atom stereocenters. The Morgan fingerprint density at radius 1 is 0.581 bits per heavy atom. The van der Waals surface area contributed by atoms with E-state index in [1.807, 2.05) is 18.2 Å². The predicted octanol–water partition coefficient (Wildman–Crippen LogP) is 8.43. The van der Waals surface area contributed by atoms with Crippen molar-refractivity contribution in [3.63, 3.8) is 0 Å². The minimum absolute atomic E-state index is 0.256. The summed E-state index contributed by atoms with van der Waals surface area (Å²) in [7, 11) is 3.19. The van der Waals surface area contributed by atoms with Crippen LogP contribution in [0.2, 0.25) is 0 Å². The van der Waals surface area contributed by atoms with E-state index in [0.717, 1.165) is 39.6 Å². The number of nitrogens with two attached hydrogens (primary N) is 1. The molecule has 0 aliphatic heterocycles. The monoisotopic (exact) mass is 683 g/mol. The SMILES string of the molecule is COc1cccc(OC)c1-c1ccc[c]([Pd][c]2ccccc2-c2ccccc2N)c1P(C1CCCCC1)C1CCCCC1. The zero-order valence-corrected chi connectivity index (χ0v) is 27.9. The summed E-state index contributed by atoms with van der Waals surface area (Å²) in [5.41, 5.74) is 13.7. The number of benzene rings is 4. The Hall–Kier alpha value is -2.63. The summed E-state index contributed by atoms with van der Waals surface area (Å²) < 4.78 is 14.9.